The summed E-state index contributed by atoms with van der Waals surface area (Å²) in [5, 5.41) is 0. The summed E-state index contributed by atoms with van der Waals surface area (Å²) >= 11 is 0. The summed E-state index contributed by atoms with van der Waals surface area (Å²) in [4.78, 5) is 22.9. The van der Waals surface area contributed by atoms with Crippen LogP contribution in [0, 0.1) is 5.92 Å². The molecule has 0 amide bonds. The van der Waals surface area contributed by atoms with Gasteiger partial charge in [0.25, 0.3) is 0 Å². The first-order valence-electron chi connectivity index (χ1n) is 5.52. The molecule has 0 aliphatic carbocycles. The first-order chi connectivity index (χ1) is 8.15. The molecule has 1 atom stereocenters. The van der Waals surface area contributed by atoms with Crippen molar-refractivity contribution in [3.63, 3.8) is 0 Å². The molecular formula is C13H16O4. The fourth-order valence-corrected chi connectivity index (χ4v) is 1.19. The number of benzene rings is 1. The molecule has 92 valence electrons. The van der Waals surface area contributed by atoms with E-state index >= 15 is 0 Å². The number of para-hydroxylation sites is 1. The Kier molecular flexibility index (Phi) is 5.20. The third-order valence-corrected chi connectivity index (χ3v) is 2.25. The molecule has 4 heteroatoms. The van der Waals surface area contributed by atoms with Crippen LogP contribution in [0.3, 0.4) is 0 Å². The zero-order valence-corrected chi connectivity index (χ0v) is 10.0. The van der Waals surface area contributed by atoms with Crippen LogP contribution >= 0.6 is 0 Å². The molecule has 0 unspecified atom stereocenters. The highest BCUT2D eigenvalue weighted by Crippen LogP contribution is 2.09. The molecule has 0 heterocycles. The molecule has 17 heavy (non-hydrogen) atoms. The van der Waals surface area contributed by atoms with Crippen LogP contribution in [0.1, 0.15) is 13.8 Å². The van der Waals surface area contributed by atoms with Crippen LogP contribution in [-0.2, 0) is 14.3 Å². The van der Waals surface area contributed by atoms with Gasteiger partial charge >= 0.3 is 5.97 Å². The second-order valence-electron chi connectivity index (χ2n) is 3.54. The van der Waals surface area contributed by atoms with Gasteiger partial charge in [0, 0.05) is 0 Å². The van der Waals surface area contributed by atoms with Crippen molar-refractivity contribution in [2.45, 2.75) is 13.8 Å². The van der Waals surface area contributed by atoms with Crippen LogP contribution in [0.15, 0.2) is 30.3 Å². The smallest absolute Gasteiger partial charge is 0.316 e. The fourth-order valence-electron chi connectivity index (χ4n) is 1.19. The SMILES string of the molecule is CCOC(=O)[C@H](C)C(=O)COc1ccccc1. The van der Waals surface area contributed by atoms with Crippen molar-refractivity contribution >= 4 is 11.8 Å². The number of ether oxygens (including phenoxy) is 2. The lowest BCUT2D eigenvalue weighted by molar-refractivity contribution is -0.151. The summed E-state index contributed by atoms with van der Waals surface area (Å²) in [7, 11) is 0. The number of Topliss-reactive ketones (excluding diaryl/α,β-unsaturated/α-hetero) is 1. The van der Waals surface area contributed by atoms with Crippen molar-refractivity contribution in [2.24, 2.45) is 5.92 Å². The maximum absolute atomic E-state index is 11.6. The average Bonchev–Trinajstić information content (AvgIpc) is 2.36. The Labute approximate surface area is 101 Å². The van der Waals surface area contributed by atoms with Gasteiger partial charge in [-0.25, -0.2) is 0 Å². The van der Waals surface area contributed by atoms with Crippen molar-refractivity contribution in [3.8, 4) is 5.75 Å². The number of rotatable bonds is 6. The quantitative estimate of drug-likeness (QED) is 0.558. The Morgan fingerprint density at radius 3 is 2.47 bits per heavy atom. The maximum atomic E-state index is 11.6. The largest absolute Gasteiger partial charge is 0.486 e. The minimum absolute atomic E-state index is 0.121. The molecule has 0 aliphatic heterocycles. The van der Waals surface area contributed by atoms with E-state index in [2.05, 4.69) is 0 Å². The molecule has 1 aromatic carbocycles. The zero-order chi connectivity index (χ0) is 12.7. The number of hydrogen-bond acceptors (Lipinski definition) is 4. The monoisotopic (exact) mass is 236 g/mol. The lowest BCUT2D eigenvalue weighted by atomic mass is 10.1. The molecule has 0 aromatic heterocycles. The van der Waals surface area contributed by atoms with Crippen molar-refractivity contribution in [1.29, 1.82) is 0 Å². The van der Waals surface area contributed by atoms with Crippen LogP contribution in [0.4, 0.5) is 0 Å². The van der Waals surface area contributed by atoms with Crippen LogP contribution < -0.4 is 4.74 Å². The predicted molar refractivity (Wildman–Crippen MR) is 62.7 cm³/mol. The van der Waals surface area contributed by atoms with Gasteiger partial charge in [0.1, 0.15) is 18.3 Å². The van der Waals surface area contributed by atoms with E-state index in [1.807, 2.05) is 18.2 Å². The molecule has 0 N–H and O–H groups in total. The van der Waals surface area contributed by atoms with E-state index in [9.17, 15) is 9.59 Å². The first-order valence-corrected chi connectivity index (χ1v) is 5.52. The minimum atomic E-state index is -0.779. The van der Waals surface area contributed by atoms with E-state index in [0.717, 1.165) is 0 Å². The van der Waals surface area contributed by atoms with Crippen LogP contribution in [0.2, 0.25) is 0 Å². The van der Waals surface area contributed by atoms with Gasteiger partial charge in [-0.05, 0) is 26.0 Å². The Hall–Kier alpha value is -1.84. The van der Waals surface area contributed by atoms with Gasteiger partial charge in [0.15, 0.2) is 5.78 Å². The molecule has 0 saturated carbocycles. The van der Waals surface area contributed by atoms with Gasteiger partial charge in [0.2, 0.25) is 0 Å². The van der Waals surface area contributed by atoms with Gasteiger partial charge in [-0.1, -0.05) is 18.2 Å². The molecule has 1 rings (SSSR count). The number of hydrogen-bond donors (Lipinski definition) is 0. The molecule has 1 aromatic rings. The van der Waals surface area contributed by atoms with Gasteiger partial charge in [-0.2, -0.15) is 0 Å². The summed E-state index contributed by atoms with van der Waals surface area (Å²) in [6.07, 6.45) is 0. The summed E-state index contributed by atoms with van der Waals surface area (Å²) in [5.41, 5.74) is 0. The standard InChI is InChI=1S/C13H16O4/c1-3-16-13(15)10(2)12(14)9-17-11-7-5-4-6-8-11/h4-8,10H,3,9H2,1-2H3/t10-/m1/s1. The normalized spacial score (nSPS) is 11.6. The van der Waals surface area contributed by atoms with Gasteiger partial charge in [-0.3, -0.25) is 9.59 Å². The summed E-state index contributed by atoms with van der Waals surface area (Å²) in [6.45, 7) is 3.38. The highest BCUT2D eigenvalue weighted by Gasteiger charge is 2.22. The minimum Gasteiger partial charge on any atom is -0.486 e. The van der Waals surface area contributed by atoms with E-state index in [1.54, 1.807) is 19.1 Å². The molecule has 0 radical (unpaired) electrons. The number of carbonyl (C=O) groups is 2. The summed E-state index contributed by atoms with van der Waals surface area (Å²) in [6, 6.07) is 8.99. The third kappa shape index (κ3) is 4.26. The predicted octanol–water partition coefficient (Wildman–Crippen LogP) is 1.83. The lowest BCUT2D eigenvalue weighted by Gasteiger charge is -2.10. The van der Waals surface area contributed by atoms with E-state index in [1.165, 1.54) is 6.92 Å². The van der Waals surface area contributed by atoms with E-state index < -0.39 is 11.9 Å². The van der Waals surface area contributed by atoms with E-state index in [0.29, 0.717) is 5.75 Å². The van der Waals surface area contributed by atoms with E-state index in [-0.39, 0.29) is 19.0 Å². The fraction of sp³-hybridized carbons (Fsp3) is 0.385. The number of carbonyl (C=O) groups excluding carboxylic acids is 2. The molecule has 0 saturated heterocycles. The molecule has 0 spiro atoms. The Morgan fingerprint density at radius 2 is 1.88 bits per heavy atom. The van der Waals surface area contributed by atoms with Crippen LogP contribution in [0.5, 0.6) is 5.75 Å². The molecule has 0 bridgehead atoms. The third-order valence-electron chi connectivity index (χ3n) is 2.25. The Bertz CT molecular complexity index is 372. The highest BCUT2D eigenvalue weighted by atomic mass is 16.5. The lowest BCUT2D eigenvalue weighted by Crippen LogP contribution is -2.27. The van der Waals surface area contributed by atoms with Crippen LogP contribution in [0.25, 0.3) is 0 Å². The van der Waals surface area contributed by atoms with Crippen molar-refractivity contribution in [3.05, 3.63) is 30.3 Å². The molecular weight excluding hydrogens is 220 g/mol. The van der Waals surface area contributed by atoms with Crippen LogP contribution in [-0.4, -0.2) is 25.0 Å². The van der Waals surface area contributed by atoms with Gasteiger partial charge in [0.05, 0.1) is 6.61 Å². The summed E-state index contributed by atoms with van der Waals surface area (Å²) in [5.74, 6) is -0.961. The average molecular weight is 236 g/mol. The van der Waals surface area contributed by atoms with Crippen molar-refractivity contribution < 1.29 is 19.1 Å². The molecule has 4 nitrogen and oxygen atoms in total. The Morgan fingerprint density at radius 1 is 1.24 bits per heavy atom. The zero-order valence-electron chi connectivity index (χ0n) is 10.0. The summed E-state index contributed by atoms with van der Waals surface area (Å²) < 4.78 is 10.0. The Balaban J connectivity index is 2.42. The van der Waals surface area contributed by atoms with Gasteiger partial charge in [-0.15, -0.1) is 0 Å². The second kappa shape index (κ2) is 6.68. The number of ketones is 1. The van der Waals surface area contributed by atoms with E-state index in [4.69, 9.17) is 9.47 Å². The van der Waals surface area contributed by atoms with Gasteiger partial charge < -0.3 is 9.47 Å². The van der Waals surface area contributed by atoms with Crippen molar-refractivity contribution in [2.75, 3.05) is 13.2 Å². The molecule has 0 aliphatic rings. The first kappa shape index (κ1) is 13.2. The topological polar surface area (TPSA) is 52.6 Å². The van der Waals surface area contributed by atoms with Crippen molar-refractivity contribution in [1.82, 2.24) is 0 Å². The number of esters is 1. The maximum Gasteiger partial charge on any atom is 0.316 e. The molecule has 0 fully saturated rings. The second-order valence-corrected chi connectivity index (χ2v) is 3.54. The highest BCUT2D eigenvalue weighted by molar-refractivity contribution is 5.99.